The summed E-state index contributed by atoms with van der Waals surface area (Å²) in [5.41, 5.74) is -0.439. The first kappa shape index (κ1) is 24.3. The number of halogens is 4. The molecule has 0 unspecified atom stereocenters. The topological polar surface area (TPSA) is 50.8 Å². The number of fused-ring (bicyclic) bond motifs is 1. The highest BCUT2D eigenvalue weighted by Gasteiger charge is 2.50. The van der Waals surface area contributed by atoms with Crippen LogP contribution in [0.25, 0.3) is 0 Å². The highest BCUT2D eigenvalue weighted by molar-refractivity contribution is 5.94. The van der Waals surface area contributed by atoms with Gasteiger partial charge in [0.1, 0.15) is 5.82 Å². The van der Waals surface area contributed by atoms with E-state index in [4.69, 9.17) is 9.47 Å². The van der Waals surface area contributed by atoms with Crippen molar-refractivity contribution in [2.24, 2.45) is 5.92 Å². The van der Waals surface area contributed by atoms with Gasteiger partial charge in [-0.2, -0.15) is 13.2 Å². The average molecular weight is 481 g/mol. The van der Waals surface area contributed by atoms with Crippen LogP contribution in [0.15, 0.2) is 36.4 Å². The highest BCUT2D eigenvalue weighted by atomic mass is 19.4. The lowest BCUT2D eigenvalue weighted by Gasteiger charge is -2.43. The number of hydrogen-bond acceptors (Lipinski definition) is 4. The van der Waals surface area contributed by atoms with E-state index in [9.17, 15) is 22.4 Å². The Balaban J connectivity index is 1.51. The maximum Gasteiger partial charge on any atom is 0.419 e. The van der Waals surface area contributed by atoms with Crippen molar-refractivity contribution in [1.29, 1.82) is 0 Å². The van der Waals surface area contributed by atoms with E-state index in [-0.39, 0.29) is 22.9 Å². The van der Waals surface area contributed by atoms with Gasteiger partial charge in [-0.25, -0.2) is 4.39 Å². The lowest BCUT2D eigenvalue weighted by molar-refractivity contribution is -0.140. The van der Waals surface area contributed by atoms with Crippen LogP contribution in [0.4, 0.5) is 17.6 Å². The number of benzene rings is 2. The molecule has 2 fully saturated rings. The minimum atomic E-state index is -4.80. The highest BCUT2D eigenvalue weighted by Crippen LogP contribution is 2.49. The summed E-state index contributed by atoms with van der Waals surface area (Å²) in [6, 6.07) is 8.12. The number of likely N-dealkylation sites (N-methyl/N-ethyl adjacent to an activating group) is 1. The summed E-state index contributed by atoms with van der Waals surface area (Å²) in [5.74, 6) is -0.423. The van der Waals surface area contributed by atoms with Crippen LogP contribution in [-0.4, -0.2) is 51.2 Å². The molecule has 34 heavy (non-hydrogen) atoms. The standard InChI is InChI=1S/C25H28F4N2O3/c1-31-13-17-11-18(30-23(32)15-4-6-19(20(26)10-15)25(27,28)29)8-9-24(17,14-31)16-5-7-21(33-2)22(12-16)34-3/h4-7,10,12,17-18H,8-9,11,13-14H2,1-3H3,(H,30,32)/t17-,18-,24+/m0/s1. The molecule has 1 amide bonds. The van der Waals surface area contributed by atoms with Gasteiger partial charge < -0.3 is 19.7 Å². The Bertz CT molecular complexity index is 1070. The van der Waals surface area contributed by atoms with Gasteiger partial charge in [0.25, 0.3) is 5.91 Å². The van der Waals surface area contributed by atoms with Crippen molar-refractivity contribution < 1.29 is 31.8 Å². The van der Waals surface area contributed by atoms with E-state index in [1.54, 1.807) is 14.2 Å². The van der Waals surface area contributed by atoms with Crippen LogP contribution in [0.5, 0.6) is 11.5 Å². The lowest BCUT2D eigenvalue weighted by atomic mass is 9.63. The van der Waals surface area contributed by atoms with Crippen molar-refractivity contribution in [3.8, 4) is 11.5 Å². The van der Waals surface area contributed by atoms with E-state index in [1.165, 1.54) is 0 Å². The third-order valence-corrected chi connectivity index (χ3v) is 7.20. The van der Waals surface area contributed by atoms with Gasteiger partial charge in [-0.15, -0.1) is 0 Å². The molecule has 1 saturated heterocycles. The predicted molar refractivity (Wildman–Crippen MR) is 119 cm³/mol. The van der Waals surface area contributed by atoms with Crippen LogP contribution in [0.3, 0.4) is 0 Å². The van der Waals surface area contributed by atoms with Crippen molar-refractivity contribution in [2.75, 3.05) is 34.4 Å². The molecular formula is C25H28F4N2O3. The summed E-state index contributed by atoms with van der Waals surface area (Å²) in [7, 11) is 5.27. The number of alkyl halides is 3. The summed E-state index contributed by atoms with van der Waals surface area (Å²) in [6.07, 6.45) is -2.56. The molecule has 0 aromatic heterocycles. The van der Waals surface area contributed by atoms with Crippen LogP contribution in [0.1, 0.15) is 40.7 Å². The maximum absolute atomic E-state index is 13.9. The fourth-order valence-corrected chi connectivity index (χ4v) is 5.61. The fourth-order valence-electron chi connectivity index (χ4n) is 5.61. The van der Waals surface area contributed by atoms with Crippen LogP contribution < -0.4 is 14.8 Å². The SMILES string of the molecule is COc1ccc([C@]23CC[C@H](NC(=O)c4ccc(C(F)(F)F)c(F)c4)C[C@H]2CN(C)C3)cc1OC. The number of ether oxygens (including phenoxy) is 2. The number of carbonyl (C=O) groups is 1. The molecule has 184 valence electrons. The zero-order valence-electron chi connectivity index (χ0n) is 19.3. The molecule has 0 bridgehead atoms. The zero-order chi connectivity index (χ0) is 24.7. The summed E-state index contributed by atoms with van der Waals surface area (Å²) < 4.78 is 63.3. The Morgan fingerprint density at radius 1 is 1.12 bits per heavy atom. The van der Waals surface area contributed by atoms with Gasteiger partial charge in [0, 0.05) is 30.1 Å². The molecule has 1 saturated carbocycles. The Hall–Kier alpha value is -2.81. The molecule has 1 N–H and O–H groups in total. The second kappa shape index (κ2) is 9.09. The second-order valence-corrected chi connectivity index (χ2v) is 9.26. The molecule has 2 aliphatic rings. The van der Waals surface area contributed by atoms with Gasteiger partial charge in [-0.3, -0.25) is 4.79 Å². The number of hydrogen-bond donors (Lipinski definition) is 1. The van der Waals surface area contributed by atoms with E-state index >= 15 is 0 Å². The number of nitrogens with one attached hydrogen (secondary N) is 1. The Morgan fingerprint density at radius 2 is 1.85 bits per heavy atom. The number of methoxy groups -OCH3 is 2. The monoisotopic (exact) mass is 480 g/mol. The molecule has 1 aliphatic heterocycles. The van der Waals surface area contributed by atoms with Crippen LogP contribution in [0, 0.1) is 11.7 Å². The van der Waals surface area contributed by atoms with Gasteiger partial charge in [0.15, 0.2) is 11.5 Å². The number of rotatable bonds is 5. The van der Waals surface area contributed by atoms with Crippen molar-refractivity contribution in [2.45, 2.75) is 36.9 Å². The quantitative estimate of drug-likeness (QED) is 0.634. The first-order valence-electron chi connectivity index (χ1n) is 11.2. The Labute approximate surface area is 196 Å². The van der Waals surface area contributed by atoms with E-state index in [0.29, 0.717) is 36.5 Å². The minimum absolute atomic E-state index is 0.101. The smallest absolute Gasteiger partial charge is 0.419 e. The summed E-state index contributed by atoms with van der Waals surface area (Å²) in [4.78, 5) is 15.0. The normalized spacial score (nSPS) is 25.0. The molecule has 3 atom stereocenters. The largest absolute Gasteiger partial charge is 0.493 e. The van der Waals surface area contributed by atoms with Gasteiger partial charge in [0.05, 0.1) is 19.8 Å². The third kappa shape index (κ3) is 4.45. The summed E-state index contributed by atoms with van der Waals surface area (Å²) in [5, 5.41) is 2.91. The Morgan fingerprint density at radius 3 is 2.50 bits per heavy atom. The van der Waals surface area contributed by atoms with E-state index in [2.05, 4.69) is 23.3 Å². The molecule has 1 heterocycles. The average Bonchev–Trinajstić information content (AvgIpc) is 3.13. The number of likely N-dealkylation sites (tertiary alicyclic amines) is 1. The predicted octanol–water partition coefficient (Wildman–Crippen LogP) is 4.64. The fraction of sp³-hybridized carbons (Fsp3) is 0.480. The first-order chi connectivity index (χ1) is 16.1. The van der Waals surface area contributed by atoms with Gasteiger partial charge in [-0.1, -0.05) is 6.07 Å². The van der Waals surface area contributed by atoms with Crippen LogP contribution in [-0.2, 0) is 11.6 Å². The molecule has 9 heteroatoms. The number of amides is 1. The molecule has 2 aromatic carbocycles. The van der Waals surface area contributed by atoms with Gasteiger partial charge in [-0.05, 0) is 68.1 Å². The lowest BCUT2D eigenvalue weighted by Crippen LogP contribution is -2.47. The molecular weight excluding hydrogens is 452 g/mol. The number of carbonyl (C=O) groups excluding carboxylic acids is 1. The van der Waals surface area contributed by atoms with Gasteiger partial charge in [0.2, 0.25) is 0 Å². The van der Waals surface area contributed by atoms with E-state index in [0.717, 1.165) is 31.1 Å². The molecule has 0 spiro atoms. The molecule has 5 nitrogen and oxygen atoms in total. The van der Waals surface area contributed by atoms with Crippen molar-refractivity contribution in [3.05, 3.63) is 58.9 Å². The maximum atomic E-state index is 13.9. The third-order valence-electron chi connectivity index (χ3n) is 7.20. The first-order valence-corrected chi connectivity index (χ1v) is 11.2. The van der Waals surface area contributed by atoms with Crippen LogP contribution >= 0.6 is 0 Å². The second-order valence-electron chi connectivity index (χ2n) is 9.26. The Kier molecular flexibility index (Phi) is 6.50. The van der Waals surface area contributed by atoms with Crippen molar-refractivity contribution >= 4 is 5.91 Å². The van der Waals surface area contributed by atoms with E-state index in [1.807, 2.05) is 12.1 Å². The number of nitrogens with zero attached hydrogens (tertiary/aromatic N) is 1. The molecule has 4 rings (SSSR count). The zero-order valence-corrected chi connectivity index (χ0v) is 19.3. The summed E-state index contributed by atoms with van der Waals surface area (Å²) >= 11 is 0. The van der Waals surface area contributed by atoms with Crippen molar-refractivity contribution in [3.63, 3.8) is 0 Å². The molecule has 0 radical (unpaired) electrons. The molecule has 2 aromatic rings. The summed E-state index contributed by atoms with van der Waals surface area (Å²) in [6.45, 7) is 1.73. The van der Waals surface area contributed by atoms with Crippen molar-refractivity contribution in [1.82, 2.24) is 10.2 Å². The van der Waals surface area contributed by atoms with Gasteiger partial charge >= 0.3 is 6.18 Å². The molecule has 1 aliphatic carbocycles. The minimum Gasteiger partial charge on any atom is -0.493 e. The van der Waals surface area contributed by atoms with Crippen LogP contribution in [0.2, 0.25) is 0 Å². The van der Waals surface area contributed by atoms with E-state index < -0.39 is 23.5 Å².